The molecular weight excluding hydrogens is 466 g/mol. The average molecular weight is 488 g/mol. The molecule has 0 saturated carbocycles. The lowest BCUT2D eigenvalue weighted by atomic mass is 10.2. The first-order chi connectivity index (χ1) is 15.6. The number of aromatic nitrogens is 4. The molecule has 4 aromatic rings. The first kappa shape index (κ1) is 22.3. The molecule has 0 spiro atoms. The summed E-state index contributed by atoms with van der Waals surface area (Å²) in [6, 6.07) is 9.70. The third-order valence-corrected chi connectivity index (χ3v) is 7.38. The molecule has 11 heteroatoms. The fraction of sp³-hybridized carbons (Fsp3) is 0.238. The topological polar surface area (TPSA) is 105 Å². The van der Waals surface area contributed by atoms with Crippen LogP contribution >= 0.6 is 34.4 Å². The van der Waals surface area contributed by atoms with E-state index in [0.717, 1.165) is 32.1 Å². The first-order valence-electron chi connectivity index (χ1n) is 9.64. The van der Waals surface area contributed by atoms with E-state index in [9.17, 15) is 4.79 Å². The Hall–Kier alpha value is -2.89. The van der Waals surface area contributed by atoms with Crippen LogP contribution in [-0.4, -0.2) is 39.9 Å². The SMILES string of the molecule is COc1ccc(-c2nc(CSc3nnc(-c4cccs4)n3CCC(N)=O)cs2)cc1OC. The average Bonchev–Trinajstić information content (AvgIpc) is 3.56. The second-order valence-corrected chi connectivity index (χ2v) is 9.40. The summed E-state index contributed by atoms with van der Waals surface area (Å²) >= 11 is 4.68. The summed E-state index contributed by atoms with van der Waals surface area (Å²) in [5.41, 5.74) is 7.27. The Morgan fingerprint density at radius 2 is 2.00 bits per heavy atom. The van der Waals surface area contributed by atoms with E-state index in [4.69, 9.17) is 20.2 Å². The van der Waals surface area contributed by atoms with Crippen LogP contribution in [0.15, 0.2) is 46.2 Å². The standard InChI is InChI=1S/C21H21N5O3S3/c1-28-15-6-5-13(10-16(15)29-2)20-23-14(11-31-20)12-32-21-25-24-19(17-4-3-9-30-17)26(21)8-7-18(22)27/h3-6,9-11H,7-8,12H2,1-2H3,(H2,22,27). The summed E-state index contributed by atoms with van der Waals surface area (Å²) in [6.07, 6.45) is 0.226. The van der Waals surface area contributed by atoms with E-state index in [0.29, 0.717) is 23.8 Å². The zero-order valence-electron chi connectivity index (χ0n) is 17.5. The minimum absolute atomic E-state index is 0.226. The summed E-state index contributed by atoms with van der Waals surface area (Å²) in [6.45, 7) is 0.436. The summed E-state index contributed by atoms with van der Waals surface area (Å²) in [5, 5.41) is 14.3. The minimum atomic E-state index is -0.356. The molecule has 8 nitrogen and oxygen atoms in total. The van der Waals surface area contributed by atoms with Crippen molar-refractivity contribution >= 4 is 40.3 Å². The number of hydrogen-bond donors (Lipinski definition) is 1. The maximum absolute atomic E-state index is 11.3. The van der Waals surface area contributed by atoms with Gasteiger partial charge in [-0.1, -0.05) is 17.8 Å². The molecule has 0 fully saturated rings. The Kier molecular flexibility index (Phi) is 7.08. The molecule has 0 bridgehead atoms. The number of rotatable bonds is 10. The van der Waals surface area contributed by atoms with Crippen molar-refractivity contribution in [2.45, 2.75) is 23.9 Å². The van der Waals surface area contributed by atoms with Gasteiger partial charge in [-0.05, 0) is 29.6 Å². The Morgan fingerprint density at radius 1 is 1.16 bits per heavy atom. The second kappa shape index (κ2) is 10.2. The second-order valence-electron chi connectivity index (χ2n) is 6.65. The number of hydrogen-bond acceptors (Lipinski definition) is 9. The molecule has 32 heavy (non-hydrogen) atoms. The van der Waals surface area contributed by atoms with Crippen molar-refractivity contribution in [2.24, 2.45) is 5.73 Å². The maximum atomic E-state index is 11.3. The number of carbonyl (C=O) groups excluding carboxylic acids is 1. The zero-order chi connectivity index (χ0) is 22.5. The van der Waals surface area contributed by atoms with E-state index >= 15 is 0 Å². The quantitative estimate of drug-likeness (QED) is 0.332. The van der Waals surface area contributed by atoms with Crippen molar-refractivity contribution < 1.29 is 14.3 Å². The number of primary amides is 1. The van der Waals surface area contributed by atoms with Gasteiger partial charge in [-0.25, -0.2) is 4.98 Å². The molecule has 166 valence electrons. The lowest BCUT2D eigenvalue weighted by Gasteiger charge is -2.08. The third-order valence-electron chi connectivity index (χ3n) is 4.57. The molecule has 2 N–H and O–H groups in total. The number of carbonyl (C=O) groups is 1. The molecule has 0 aliphatic heterocycles. The summed E-state index contributed by atoms with van der Waals surface area (Å²) in [4.78, 5) is 17.1. The number of benzene rings is 1. The van der Waals surface area contributed by atoms with Gasteiger partial charge in [-0.3, -0.25) is 4.79 Å². The summed E-state index contributed by atoms with van der Waals surface area (Å²) in [7, 11) is 3.23. The van der Waals surface area contributed by atoms with Gasteiger partial charge in [-0.15, -0.1) is 32.9 Å². The highest BCUT2D eigenvalue weighted by atomic mass is 32.2. The largest absolute Gasteiger partial charge is 0.493 e. The van der Waals surface area contributed by atoms with Crippen LogP contribution in [0.3, 0.4) is 0 Å². The molecular formula is C21H21N5O3S3. The molecule has 0 aliphatic carbocycles. The highest BCUT2D eigenvalue weighted by Gasteiger charge is 2.17. The number of ether oxygens (including phenoxy) is 2. The summed E-state index contributed by atoms with van der Waals surface area (Å²) < 4.78 is 12.6. The van der Waals surface area contributed by atoms with Crippen LogP contribution in [0.2, 0.25) is 0 Å². The third kappa shape index (κ3) is 4.95. The van der Waals surface area contributed by atoms with Crippen LogP contribution in [0.1, 0.15) is 12.1 Å². The van der Waals surface area contributed by atoms with Crippen molar-refractivity contribution in [3.8, 4) is 32.8 Å². The molecule has 0 atom stereocenters. The molecule has 4 rings (SSSR count). The Bertz CT molecular complexity index is 1200. The fourth-order valence-electron chi connectivity index (χ4n) is 3.02. The lowest BCUT2D eigenvalue weighted by Crippen LogP contribution is -2.14. The number of thioether (sulfide) groups is 1. The van der Waals surface area contributed by atoms with Crippen molar-refractivity contribution in [2.75, 3.05) is 14.2 Å². The highest BCUT2D eigenvalue weighted by molar-refractivity contribution is 7.98. The number of nitrogens with two attached hydrogens (primary N) is 1. The zero-order valence-corrected chi connectivity index (χ0v) is 19.9. The maximum Gasteiger partial charge on any atom is 0.219 e. The van der Waals surface area contributed by atoms with Gasteiger partial charge < -0.3 is 19.8 Å². The normalized spacial score (nSPS) is 10.9. The van der Waals surface area contributed by atoms with Gasteiger partial charge in [-0.2, -0.15) is 0 Å². The van der Waals surface area contributed by atoms with Gasteiger partial charge in [0, 0.05) is 29.7 Å². The van der Waals surface area contributed by atoms with Gasteiger partial charge in [0.2, 0.25) is 5.91 Å². The van der Waals surface area contributed by atoms with E-state index in [2.05, 4.69) is 10.2 Å². The molecule has 0 unspecified atom stereocenters. The molecule has 0 aliphatic rings. The highest BCUT2D eigenvalue weighted by Crippen LogP contribution is 2.35. The van der Waals surface area contributed by atoms with Gasteiger partial charge in [0.1, 0.15) is 5.01 Å². The van der Waals surface area contributed by atoms with Crippen LogP contribution in [-0.2, 0) is 17.1 Å². The van der Waals surface area contributed by atoms with Gasteiger partial charge in [0.05, 0.1) is 24.8 Å². The number of amides is 1. The number of thiazole rings is 1. The monoisotopic (exact) mass is 487 g/mol. The van der Waals surface area contributed by atoms with Crippen molar-refractivity contribution in [3.05, 3.63) is 46.8 Å². The van der Waals surface area contributed by atoms with Crippen LogP contribution in [0.25, 0.3) is 21.3 Å². The smallest absolute Gasteiger partial charge is 0.219 e. The number of nitrogens with zero attached hydrogens (tertiary/aromatic N) is 4. The van der Waals surface area contributed by atoms with Gasteiger partial charge in [0.15, 0.2) is 22.5 Å². The molecule has 0 radical (unpaired) electrons. The van der Waals surface area contributed by atoms with E-state index in [1.165, 1.54) is 11.8 Å². The van der Waals surface area contributed by atoms with Crippen molar-refractivity contribution in [1.82, 2.24) is 19.7 Å². The Morgan fingerprint density at radius 3 is 2.72 bits per heavy atom. The fourth-order valence-corrected chi connectivity index (χ4v) is 5.52. The van der Waals surface area contributed by atoms with E-state index in [1.807, 2.05) is 45.7 Å². The van der Waals surface area contributed by atoms with Crippen molar-refractivity contribution in [3.63, 3.8) is 0 Å². The summed E-state index contributed by atoms with van der Waals surface area (Å²) in [5.74, 6) is 2.36. The Labute approximate surface area is 197 Å². The van der Waals surface area contributed by atoms with Crippen LogP contribution in [0.4, 0.5) is 0 Å². The minimum Gasteiger partial charge on any atom is -0.493 e. The molecule has 0 saturated heterocycles. The van der Waals surface area contributed by atoms with Crippen molar-refractivity contribution in [1.29, 1.82) is 0 Å². The predicted octanol–water partition coefficient (Wildman–Crippen LogP) is 4.32. The van der Waals surface area contributed by atoms with Crippen LogP contribution in [0.5, 0.6) is 11.5 Å². The lowest BCUT2D eigenvalue weighted by molar-refractivity contribution is -0.118. The van der Waals surface area contributed by atoms with E-state index in [1.54, 1.807) is 36.9 Å². The predicted molar refractivity (Wildman–Crippen MR) is 127 cm³/mol. The number of thiophene rings is 1. The molecule has 3 aromatic heterocycles. The van der Waals surface area contributed by atoms with Gasteiger partial charge >= 0.3 is 0 Å². The van der Waals surface area contributed by atoms with Crippen LogP contribution < -0.4 is 15.2 Å². The molecule has 3 heterocycles. The van der Waals surface area contributed by atoms with E-state index < -0.39 is 0 Å². The molecule has 1 aromatic carbocycles. The van der Waals surface area contributed by atoms with E-state index in [-0.39, 0.29) is 12.3 Å². The first-order valence-corrected chi connectivity index (χ1v) is 12.4. The Balaban J connectivity index is 1.51. The molecule has 1 amide bonds. The van der Waals surface area contributed by atoms with Gasteiger partial charge in [0.25, 0.3) is 0 Å². The number of methoxy groups -OCH3 is 2. The van der Waals surface area contributed by atoms with Crippen LogP contribution in [0, 0.1) is 0 Å².